The number of nitrogens with one attached hydrogen (secondary N) is 1. The first kappa shape index (κ1) is 14.8. The van der Waals surface area contributed by atoms with Gasteiger partial charge >= 0.3 is 0 Å². The third kappa shape index (κ3) is 2.58. The predicted molar refractivity (Wildman–Crippen MR) is 70.5 cm³/mol. The third-order valence-electron chi connectivity index (χ3n) is 4.13. The Labute approximate surface area is 108 Å². The van der Waals surface area contributed by atoms with E-state index in [0.717, 1.165) is 12.8 Å². The third-order valence-corrected chi connectivity index (χ3v) is 4.13. The molecule has 0 spiro atoms. The van der Waals surface area contributed by atoms with E-state index in [9.17, 15) is 4.79 Å². The molecule has 0 unspecified atom stereocenters. The normalized spacial score (nSPS) is 19.5. The van der Waals surface area contributed by atoms with Crippen LogP contribution in [0, 0.1) is 5.41 Å². The van der Waals surface area contributed by atoms with Crippen molar-refractivity contribution in [2.24, 2.45) is 16.3 Å². The first-order chi connectivity index (χ1) is 8.26. The molecule has 18 heavy (non-hydrogen) atoms. The van der Waals surface area contributed by atoms with Crippen molar-refractivity contribution in [3.8, 4) is 0 Å². The van der Waals surface area contributed by atoms with Crippen LogP contribution in [0.2, 0.25) is 0 Å². The fourth-order valence-electron chi connectivity index (χ4n) is 2.07. The van der Waals surface area contributed by atoms with E-state index in [1.165, 1.54) is 6.42 Å². The molecular formula is C12H24N4O2. The molecule has 0 atom stereocenters. The van der Waals surface area contributed by atoms with E-state index in [2.05, 4.69) is 15.4 Å². The fourth-order valence-corrected chi connectivity index (χ4v) is 2.07. The summed E-state index contributed by atoms with van der Waals surface area (Å²) in [5, 5.41) is 14.5. The number of amides is 1. The fraction of sp³-hybridized carbons (Fsp3) is 0.833. The Morgan fingerprint density at radius 3 is 2.39 bits per heavy atom. The highest BCUT2D eigenvalue weighted by atomic mass is 16.4. The molecule has 1 aliphatic rings. The van der Waals surface area contributed by atoms with Gasteiger partial charge in [0, 0.05) is 12.1 Å². The number of hydrogen-bond donors (Lipinski definition) is 3. The smallest absolute Gasteiger partial charge is 0.233 e. The summed E-state index contributed by atoms with van der Waals surface area (Å²) in [6, 6.07) is 0. The van der Waals surface area contributed by atoms with Crippen LogP contribution >= 0.6 is 0 Å². The Morgan fingerprint density at radius 2 is 2.06 bits per heavy atom. The minimum Gasteiger partial charge on any atom is -0.409 e. The molecule has 0 aromatic heterocycles. The van der Waals surface area contributed by atoms with Crippen molar-refractivity contribution in [2.45, 2.75) is 38.6 Å². The SMILES string of the molecule is CN(C)C1(CNC(=O)C(C)(C)C(N)=NO)CCC1. The van der Waals surface area contributed by atoms with Crippen molar-refractivity contribution in [3.63, 3.8) is 0 Å². The lowest BCUT2D eigenvalue weighted by molar-refractivity contribution is -0.127. The molecule has 6 nitrogen and oxygen atoms in total. The maximum absolute atomic E-state index is 12.1. The molecule has 104 valence electrons. The lowest BCUT2D eigenvalue weighted by atomic mass is 9.75. The lowest BCUT2D eigenvalue weighted by Crippen LogP contribution is -2.59. The number of nitrogens with two attached hydrogens (primary N) is 1. The second kappa shape index (κ2) is 5.14. The van der Waals surface area contributed by atoms with Crippen molar-refractivity contribution >= 4 is 11.7 Å². The van der Waals surface area contributed by atoms with Gasteiger partial charge < -0.3 is 21.2 Å². The van der Waals surface area contributed by atoms with Gasteiger partial charge in [-0.3, -0.25) is 4.79 Å². The highest BCUT2D eigenvalue weighted by molar-refractivity contribution is 6.05. The van der Waals surface area contributed by atoms with Gasteiger partial charge in [0.15, 0.2) is 5.84 Å². The molecule has 0 radical (unpaired) electrons. The minimum atomic E-state index is -0.994. The van der Waals surface area contributed by atoms with Gasteiger partial charge in [0.2, 0.25) is 5.91 Å². The first-order valence-electron chi connectivity index (χ1n) is 6.20. The van der Waals surface area contributed by atoms with Gasteiger partial charge in [0.05, 0.1) is 0 Å². The van der Waals surface area contributed by atoms with Crippen LogP contribution in [-0.4, -0.2) is 48.0 Å². The Bertz CT molecular complexity index is 346. The maximum atomic E-state index is 12.1. The van der Waals surface area contributed by atoms with Crippen LogP contribution in [-0.2, 0) is 4.79 Å². The Hall–Kier alpha value is -1.30. The molecule has 0 aromatic rings. The number of carbonyl (C=O) groups is 1. The number of hydrogen-bond acceptors (Lipinski definition) is 4. The molecule has 1 fully saturated rings. The summed E-state index contributed by atoms with van der Waals surface area (Å²) in [5.41, 5.74) is 4.60. The number of carbonyl (C=O) groups excluding carboxylic acids is 1. The zero-order chi connectivity index (χ0) is 14.0. The monoisotopic (exact) mass is 256 g/mol. The van der Waals surface area contributed by atoms with Crippen molar-refractivity contribution in [3.05, 3.63) is 0 Å². The van der Waals surface area contributed by atoms with E-state index < -0.39 is 5.41 Å². The van der Waals surface area contributed by atoms with Crippen LogP contribution in [0.5, 0.6) is 0 Å². The van der Waals surface area contributed by atoms with Crippen molar-refractivity contribution in [2.75, 3.05) is 20.6 Å². The standard InChI is InChI=1S/C12H24N4O2/c1-11(2,9(13)15-18)10(17)14-8-12(16(3)4)6-5-7-12/h18H,5-8H2,1-4H3,(H2,13,15)(H,14,17). The van der Waals surface area contributed by atoms with Gasteiger partial charge in [-0.1, -0.05) is 5.16 Å². The molecule has 0 bridgehead atoms. The molecule has 0 aliphatic heterocycles. The largest absolute Gasteiger partial charge is 0.409 e. The second-order valence-corrected chi connectivity index (χ2v) is 5.77. The van der Waals surface area contributed by atoms with Gasteiger partial charge in [-0.15, -0.1) is 0 Å². The number of oxime groups is 1. The Morgan fingerprint density at radius 1 is 1.50 bits per heavy atom. The van der Waals surface area contributed by atoms with Gasteiger partial charge in [0.1, 0.15) is 5.41 Å². The molecule has 6 heteroatoms. The van der Waals surface area contributed by atoms with Crippen LogP contribution in [0.1, 0.15) is 33.1 Å². The van der Waals surface area contributed by atoms with Crippen LogP contribution in [0.4, 0.5) is 0 Å². The predicted octanol–water partition coefficient (Wildman–Crippen LogP) is 0.360. The molecule has 1 rings (SSSR count). The van der Waals surface area contributed by atoms with Crippen LogP contribution in [0.3, 0.4) is 0 Å². The average molecular weight is 256 g/mol. The Kier molecular flexibility index (Phi) is 4.21. The summed E-state index contributed by atoms with van der Waals surface area (Å²) in [6.07, 6.45) is 3.37. The molecule has 0 heterocycles. The number of amidine groups is 1. The molecule has 1 saturated carbocycles. The van der Waals surface area contributed by atoms with Gasteiger partial charge in [0.25, 0.3) is 0 Å². The maximum Gasteiger partial charge on any atom is 0.233 e. The molecule has 4 N–H and O–H groups in total. The molecule has 0 aromatic carbocycles. The van der Waals surface area contributed by atoms with E-state index in [4.69, 9.17) is 10.9 Å². The first-order valence-corrected chi connectivity index (χ1v) is 6.20. The van der Waals surface area contributed by atoms with Crippen LogP contribution in [0.25, 0.3) is 0 Å². The number of likely N-dealkylation sites (N-methyl/N-ethyl adjacent to an activating group) is 1. The van der Waals surface area contributed by atoms with E-state index >= 15 is 0 Å². The summed E-state index contributed by atoms with van der Waals surface area (Å²) in [5.74, 6) is -0.293. The van der Waals surface area contributed by atoms with Crippen LogP contribution in [0.15, 0.2) is 5.16 Å². The summed E-state index contributed by atoms with van der Waals surface area (Å²) in [4.78, 5) is 14.2. The van der Waals surface area contributed by atoms with Gasteiger partial charge in [-0.05, 0) is 47.2 Å². The van der Waals surface area contributed by atoms with Gasteiger partial charge in [-0.2, -0.15) is 0 Å². The molecule has 1 amide bonds. The second-order valence-electron chi connectivity index (χ2n) is 5.77. The molecular weight excluding hydrogens is 232 g/mol. The zero-order valence-corrected chi connectivity index (χ0v) is 11.7. The number of nitrogens with zero attached hydrogens (tertiary/aromatic N) is 2. The van der Waals surface area contributed by atoms with Gasteiger partial charge in [-0.25, -0.2) is 0 Å². The van der Waals surface area contributed by atoms with E-state index in [-0.39, 0.29) is 17.3 Å². The quantitative estimate of drug-likeness (QED) is 0.287. The average Bonchev–Trinajstić information content (AvgIpc) is 2.25. The van der Waals surface area contributed by atoms with E-state index in [1.807, 2.05) is 14.1 Å². The minimum absolute atomic E-state index is 0.0663. The van der Waals surface area contributed by atoms with E-state index in [0.29, 0.717) is 6.54 Å². The summed E-state index contributed by atoms with van der Waals surface area (Å²) in [6.45, 7) is 3.88. The zero-order valence-electron chi connectivity index (χ0n) is 11.7. The summed E-state index contributed by atoms with van der Waals surface area (Å²) in [7, 11) is 4.06. The summed E-state index contributed by atoms with van der Waals surface area (Å²) >= 11 is 0. The molecule has 0 saturated heterocycles. The highest BCUT2D eigenvalue weighted by Gasteiger charge is 2.41. The van der Waals surface area contributed by atoms with E-state index in [1.54, 1.807) is 13.8 Å². The molecule has 1 aliphatic carbocycles. The topological polar surface area (TPSA) is 91.0 Å². The van der Waals surface area contributed by atoms with Crippen LogP contribution < -0.4 is 11.1 Å². The van der Waals surface area contributed by atoms with Crippen molar-refractivity contribution in [1.82, 2.24) is 10.2 Å². The highest BCUT2D eigenvalue weighted by Crippen LogP contribution is 2.35. The van der Waals surface area contributed by atoms with Crippen molar-refractivity contribution in [1.29, 1.82) is 0 Å². The Balaban J connectivity index is 2.61. The van der Waals surface area contributed by atoms with Crippen molar-refractivity contribution < 1.29 is 10.0 Å². The lowest BCUT2D eigenvalue weighted by Gasteiger charge is -2.47. The summed E-state index contributed by atoms with van der Waals surface area (Å²) < 4.78 is 0. The number of rotatable bonds is 5.